The third-order valence-corrected chi connectivity index (χ3v) is 4.71. The first-order valence-electron chi connectivity index (χ1n) is 6.18. The maximum atomic E-state index is 13.2. The minimum absolute atomic E-state index is 0.0650. The number of aromatic nitrogens is 2. The summed E-state index contributed by atoms with van der Waals surface area (Å²) in [5, 5.41) is 3.92. The summed E-state index contributed by atoms with van der Waals surface area (Å²) in [5.74, 6) is -0.276. The molecule has 0 aliphatic rings. The zero-order valence-corrected chi connectivity index (χ0v) is 14.1. The number of rotatable bonds is 3. The molecule has 3 aromatic rings. The van der Waals surface area contributed by atoms with Gasteiger partial charge in [-0.2, -0.15) is 8.75 Å². The topological polar surface area (TPSA) is 37.8 Å². The fourth-order valence-electron chi connectivity index (χ4n) is 2.11. The zero-order chi connectivity index (χ0) is 15.0. The van der Waals surface area contributed by atoms with Crippen molar-refractivity contribution in [2.45, 2.75) is 13.0 Å². The van der Waals surface area contributed by atoms with Crippen LogP contribution in [0.2, 0.25) is 5.02 Å². The lowest BCUT2D eigenvalue weighted by Crippen LogP contribution is -2.08. The van der Waals surface area contributed by atoms with E-state index in [1.807, 2.05) is 13.0 Å². The lowest BCUT2D eigenvalue weighted by Gasteiger charge is -2.18. The molecule has 21 heavy (non-hydrogen) atoms. The minimum Gasteiger partial charge on any atom is -0.375 e. The van der Waals surface area contributed by atoms with E-state index < -0.39 is 0 Å². The molecule has 1 atom stereocenters. The van der Waals surface area contributed by atoms with Crippen molar-refractivity contribution in [1.82, 2.24) is 8.75 Å². The second kappa shape index (κ2) is 5.87. The molecule has 0 spiro atoms. The second-order valence-corrected chi connectivity index (χ2v) is 6.38. The standard InChI is InChI=1S/C14H10BrClFN3S/c1-7(9-3-2-8(17)6-10(9)15)18-13-11(16)4-5-12-14(13)20-21-19-12/h2-7,18H,1H3. The van der Waals surface area contributed by atoms with E-state index in [4.69, 9.17) is 11.6 Å². The molecule has 1 N–H and O–H groups in total. The quantitative estimate of drug-likeness (QED) is 0.653. The van der Waals surface area contributed by atoms with Gasteiger partial charge in [0, 0.05) is 10.5 Å². The molecule has 0 saturated heterocycles. The molecule has 0 aliphatic carbocycles. The predicted molar refractivity (Wildman–Crippen MR) is 88.6 cm³/mol. The molecule has 108 valence electrons. The Balaban J connectivity index is 1.98. The van der Waals surface area contributed by atoms with Gasteiger partial charge < -0.3 is 5.32 Å². The van der Waals surface area contributed by atoms with Crippen LogP contribution in [0.3, 0.4) is 0 Å². The van der Waals surface area contributed by atoms with Gasteiger partial charge in [0.2, 0.25) is 0 Å². The van der Waals surface area contributed by atoms with Crippen LogP contribution in [0.15, 0.2) is 34.8 Å². The van der Waals surface area contributed by atoms with E-state index in [-0.39, 0.29) is 11.9 Å². The Hall–Kier alpha value is -1.24. The van der Waals surface area contributed by atoms with E-state index in [9.17, 15) is 4.39 Å². The molecule has 1 heterocycles. The molecule has 0 radical (unpaired) electrons. The highest BCUT2D eigenvalue weighted by molar-refractivity contribution is 9.10. The SMILES string of the molecule is CC(Nc1c(Cl)ccc2nsnc12)c1ccc(F)cc1Br. The van der Waals surface area contributed by atoms with E-state index in [1.165, 1.54) is 12.1 Å². The van der Waals surface area contributed by atoms with Gasteiger partial charge in [-0.25, -0.2) is 4.39 Å². The average molecular weight is 387 g/mol. The van der Waals surface area contributed by atoms with E-state index in [0.717, 1.165) is 34.0 Å². The van der Waals surface area contributed by atoms with Gasteiger partial charge in [-0.15, -0.1) is 0 Å². The number of anilines is 1. The van der Waals surface area contributed by atoms with E-state index in [0.29, 0.717) is 9.50 Å². The Morgan fingerprint density at radius 1 is 1.29 bits per heavy atom. The summed E-state index contributed by atoms with van der Waals surface area (Å²) < 4.78 is 22.4. The molecule has 0 aliphatic heterocycles. The number of nitrogens with one attached hydrogen (secondary N) is 1. The maximum Gasteiger partial charge on any atom is 0.129 e. The first-order chi connectivity index (χ1) is 10.1. The summed E-state index contributed by atoms with van der Waals surface area (Å²) in [6.45, 7) is 1.98. The molecule has 7 heteroatoms. The summed E-state index contributed by atoms with van der Waals surface area (Å²) in [4.78, 5) is 0. The van der Waals surface area contributed by atoms with E-state index in [1.54, 1.807) is 12.1 Å². The Morgan fingerprint density at radius 2 is 2.10 bits per heavy atom. The number of fused-ring (bicyclic) bond motifs is 1. The fraction of sp³-hybridized carbons (Fsp3) is 0.143. The minimum atomic E-state index is -0.276. The monoisotopic (exact) mass is 385 g/mol. The third kappa shape index (κ3) is 2.88. The van der Waals surface area contributed by atoms with Gasteiger partial charge in [-0.05, 0) is 36.8 Å². The Kier molecular flexibility index (Phi) is 4.10. The Morgan fingerprint density at radius 3 is 2.86 bits per heavy atom. The molecule has 0 fully saturated rings. The Bertz CT molecular complexity index is 808. The van der Waals surface area contributed by atoms with Crippen LogP contribution in [0.5, 0.6) is 0 Å². The smallest absolute Gasteiger partial charge is 0.129 e. The molecule has 3 rings (SSSR count). The summed E-state index contributed by atoms with van der Waals surface area (Å²) in [7, 11) is 0. The van der Waals surface area contributed by atoms with Crippen molar-refractivity contribution >= 4 is 56.0 Å². The summed E-state index contributed by atoms with van der Waals surface area (Å²) in [6, 6.07) is 8.19. The summed E-state index contributed by atoms with van der Waals surface area (Å²) >= 11 is 10.8. The highest BCUT2D eigenvalue weighted by Gasteiger charge is 2.15. The number of nitrogens with zero attached hydrogens (tertiary/aromatic N) is 2. The van der Waals surface area contributed by atoms with Crippen LogP contribution < -0.4 is 5.32 Å². The lowest BCUT2D eigenvalue weighted by molar-refractivity contribution is 0.625. The van der Waals surface area contributed by atoms with Crippen LogP contribution in [0.4, 0.5) is 10.1 Å². The zero-order valence-electron chi connectivity index (χ0n) is 10.9. The highest BCUT2D eigenvalue weighted by Crippen LogP contribution is 2.34. The maximum absolute atomic E-state index is 13.2. The van der Waals surface area contributed by atoms with Crippen LogP contribution in [0.25, 0.3) is 11.0 Å². The summed E-state index contributed by atoms with van der Waals surface area (Å²) in [6.07, 6.45) is 0. The van der Waals surface area contributed by atoms with Crippen LogP contribution in [-0.2, 0) is 0 Å². The Labute approximate surface area is 138 Å². The number of benzene rings is 2. The number of halogens is 3. The second-order valence-electron chi connectivity index (χ2n) is 4.59. The normalized spacial score (nSPS) is 12.6. The fourth-order valence-corrected chi connectivity index (χ4v) is 3.55. The molecule has 1 unspecified atom stereocenters. The van der Waals surface area contributed by atoms with Crippen molar-refractivity contribution in [2.24, 2.45) is 0 Å². The first kappa shape index (κ1) is 14.7. The van der Waals surface area contributed by atoms with Gasteiger partial charge in [0.1, 0.15) is 16.9 Å². The van der Waals surface area contributed by atoms with E-state index >= 15 is 0 Å². The van der Waals surface area contributed by atoms with Crippen molar-refractivity contribution in [3.05, 3.63) is 51.2 Å². The van der Waals surface area contributed by atoms with Gasteiger partial charge in [-0.3, -0.25) is 0 Å². The highest BCUT2D eigenvalue weighted by atomic mass is 79.9. The molecular weight excluding hydrogens is 377 g/mol. The van der Waals surface area contributed by atoms with Crippen LogP contribution >= 0.6 is 39.3 Å². The summed E-state index contributed by atoms with van der Waals surface area (Å²) in [5.41, 5.74) is 3.23. The van der Waals surface area contributed by atoms with Crippen LogP contribution in [0, 0.1) is 5.82 Å². The lowest BCUT2D eigenvalue weighted by atomic mass is 10.1. The largest absolute Gasteiger partial charge is 0.375 e. The van der Waals surface area contributed by atoms with Crippen molar-refractivity contribution in [3.63, 3.8) is 0 Å². The third-order valence-electron chi connectivity index (χ3n) is 3.17. The molecule has 0 bridgehead atoms. The molecule has 3 nitrogen and oxygen atoms in total. The van der Waals surface area contributed by atoms with Crippen LogP contribution in [-0.4, -0.2) is 8.75 Å². The molecule has 0 amide bonds. The number of hydrogen-bond acceptors (Lipinski definition) is 4. The van der Waals surface area contributed by atoms with Crippen LogP contribution in [0.1, 0.15) is 18.5 Å². The van der Waals surface area contributed by atoms with E-state index in [2.05, 4.69) is 30.0 Å². The van der Waals surface area contributed by atoms with Gasteiger partial charge in [0.15, 0.2) is 0 Å². The van der Waals surface area contributed by atoms with Crippen molar-refractivity contribution in [1.29, 1.82) is 0 Å². The van der Waals surface area contributed by atoms with Gasteiger partial charge in [0.05, 0.1) is 22.4 Å². The van der Waals surface area contributed by atoms with Crippen molar-refractivity contribution < 1.29 is 4.39 Å². The molecular formula is C14H10BrClFN3S. The van der Waals surface area contributed by atoms with Crippen molar-refractivity contribution in [2.75, 3.05) is 5.32 Å². The molecule has 0 saturated carbocycles. The van der Waals surface area contributed by atoms with Gasteiger partial charge >= 0.3 is 0 Å². The molecule has 2 aromatic carbocycles. The predicted octanol–water partition coefficient (Wildman–Crippen LogP) is 5.42. The first-order valence-corrected chi connectivity index (χ1v) is 8.08. The van der Waals surface area contributed by atoms with Gasteiger partial charge in [-0.1, -0.05) is 33.6 Å². The van der Waals surface area contributed by atoms with Gasteiger partial charge in [0.25, 0.3) is 0 Å². The number of hydrogen-bond donors (Lipinski definition) is 1. The van der Waals surface area contributed by atoms with Crippen molar-refractivity contribution in [3.8, 4) is 0 Å². The molecule has 1 aromatic heterocycles. The average Bonchev–Trinajstić information content (AvgIpc) is 2.90.